The summed E-state index contributed by atoms with van der Waals surface area (Å²) in [6, 6.07) is 3.77. The fourth-order valence-electron chi connectivity index (χ4n) is 3.35. The Kier molecular flexibility index (Phi) is 4.47. The van der Waals surface area contributed by atoms with Crippen molar-refractivity contribution in [2.24, 2.45) is 5.92 Å². The van der Waals surface area contributed by atoms with E-state index in [4.69, 9.17) is 0 Å². The molecule has 1 unspecified atom stereocenters. The number of imidazole rings is 1. The molecule has 0 saturated heterocycles. The van der Waals surface area contributed by atoms with Crippen molar-refractivity contribution in [1.29, 1.82) is 0 Å². The average Bonchev–Trinajstić information content (AvgIpc) is 3.30. The van der Waals surface area contributed by atoms with Gasteiger partial charge in [0.25, 0.3) is 5.91 Å². The molecule has 4 heterocycles. The lowest BCUT2D eigenvalue weighted by molar-refractivity contribution is 0.0712. The second-order valence-corrected chi connectivity index (χ2v) is 6.56. The fraction of sp³-hybridized carbons (Fsp3) is 0.389. The van der Waals surface area contributed by atoms with E-state index in [9.17, 15) is 4.79 Å². The number of aromatic nitrogens is 6. The number of carbonyl (C=O) groups excluding carboxylic acids is 1. The predicted molar refractivity (Wildman–Crippen MR) is 94.1 cm³/mol. The highest BCUT2D eigenvalue weighted by Gasteiger charge is 2.27. The minimum absolute atomic E-state index is 0.0137. The molecule has 4 rings (SSSR count). The molecule has 0 bridgehead atoms. The summed E-state index contributed by atoms with van der Waals surface area (Å²) in [5.74, 6) is 1.11. The Morgan fingerprint density at radius 1 is 1.27 bits per heavy atom. The van der Waals surface area contributed by atoms with Crippen LogP contribution in [0.15, 0.2) is 43.4 Å². The number of hydrogen-bond acceptors (Lipinski definition) is 5. The van der Waals surface area contributed by atoms with Gasteiger partial charge in [-0.25, -0.2) is 9.97 Å². The summed E-state index contributed by atoms with van der Waals surface area (Å²) in [6.45, 7) is 4.68. The van der Waals surface area contributed by atoms with E-state index in [-0.39, 0.29) is 11.8 Å². The van der Waals surface area contributed by atoms with Crippen molar-refractivity contribution in [3.63, 3.8) is 0 Å². The molecule has 1 atom stereocenters. The van der Waals surface area contributed by atoms with E-state index >= 15 is 0 Å². The van der Waals surface area contributed by atoms with Gasteiger partial charge >= 0.3 is 0 Å². The standard InChI is InChI=1S/C18H21N7O/c1-2-16-4-3-15(7-21-16)18(26)24-9-14(10-25-13-19-12-22-25)8-23-6-5-20-17(23)11-24/h3-7,12-14H,2,8-11H2,1H3. The van der Waals surface area contributed by atoms with Crippen molar-refractivity contribution < 1.29 is 4.79 Å². The fourth-order valence-corrected chi connectivity index (χ4v) is 3.35. The summed E-state index contributed by atoms with van der Waals surface area (Å²) in [4.78, 5) is 27.7. The van der Waals surface area contributed by atoms with Gasteiger partial charge in [-0.2, -0.15) is 5.10 Å². The number of fused-ring (bicyclic) bond motifs is 1. The summed E-state index contributed by atoms with van der Waals surface area (Å²) in [7, 11) is 0. The van der Waals surface area contributed by atoms with Crippen LogP contribution in [0.5, 0.6) is 0 Å². The quantitative estimate of drug-likeness (QED) is 0.710. The summed E-state index contributed by atoms with van der Waals surface area (Å²) in [5.41, 5.74) is 1.60. The second kappa shape index (κ2) is 7.07. The normalized spacial score (nSPS) is 17.0. The molecule has 26 heavy (non-hydrogen) atoms. The van der Waals surface area contributed by atoms with Gasteiger partial charge in [0.1, 0.15) is 18.5 Å². The number of amides is 1. The first-order valence-electron chi connectivity index (χ1n) is 8.79. The maximum Gasteiger partial charge on any atom is 0.255 e. The molecule has 0 saturated carbocycles. The molecule has 0 aliphatic carbocycles. The topological polar surface area (TPSA) is 81.7 Å². The first kappa shape index (κ1) is 16.4. The third-order valence-electron chi connectivity index (χ3n) is 4.70. The first-order chi connectivity index (χ1) is 12.7. The Morgan fingerprint density at radius 3 is 2.92 bits per heavy atom. The van der Waals surface area contributed by atoms with Crippen molar-refractivity contribution in [3.05, 3.63) is 60.5 Å². The van der Waals surface area contributed by atoms with E-state index in [0.717, 1.165) is 24.5 Å². The zero-order valence-electron chi connectivity index (χ0n) is 14.7. The minimum Gasteiger partial charge on any atom is -0.333 e. The average molecular weight is 351 g/mol. The van der Waals surface area contributed by atoms with E-state index in [2.05, 4.69) is 24.6 Å². The molecule has 1 aliphatic heterocycles. The Hall–Kier alpha value is -3.03. The van der Waals surface area contributed by atoms with Gasteiger partial charge < -0.3 is 9.47 Å². The monoisotopic (exact) mass is 351 g/mol. The Balaban J connectivity index is 1.58. The number of pyridine rings is 1. The van der Waals surface area contributed by atoms with Crippen molar-refractivity contribution in [2.45, 2.75) is 33.0 Å². The molecule has 1 amide bonds. The molecular weight excluding hydrogens is 330 g/mol. The van der Waals surface area contributed by atoms with Crippen molar-refractivity contribution in [3.8, 4) is 0 Å². The van der Waals surface area contributed by atoms with Crippen molar-refractivity contribution in [2.75, 3.05) is 6.54 Å². The summed E-state index contributed by atoms with van der Waals surface area (Å²) in [5, 5.41) is 4.20. The van der Waals surface area contributed by atoms with Crippen LogP contribution < -0.4 is 0 Å². The van der Waals surface area contributed by atoms with Crippen LogP contribution in [-0.4, -0.2) is 46.7 Å². The van der Waals surface area contributed by atoms with Crippen LogP contribution >= 0.6 is 0 Å². The first-order valence-corrected chi connectivity index (χ1v) is 8.79. The molecule has 0 radical (unpaired) electrons. The van der Waals surface area contributed by atoms with Gasteiger partial charge in [-0.3, -0.25) is 14.5 Å². The van der Waals surface area contributed by atoms with Crippen molar-refractivity contribution in [1.82, 2.24) is 34.2 Å². The van der Waals surface area contributed by atoms with Crippen LogP contribution in [0.4, 0.5) is 0 Å². The van der Waals surface area contributed by atoms with Crippen LogP contribution in [0.2, 0.25) is 0 Å². The molecule has 0 aromatic carbocycles. The summed E-state index contributed by atoms with van der Waals surface area (Å²) in [6.07, 6.45) is 9.52. The van der Waals surface area contributed by atoms with Gasteiger partial charge in [-0.1, -0.05) is 6.92 Å². The third-order valence-corrected chi connectivity index (χ3v) is 4.70. The van der Waals surface area contributed by atoms with Gasteiger partial charge in [0.2, 0.25) is 0 Å². The van der Waals surface area contributed by atoms with Gasteiger partial charge in [-0.15, -0.1) is 0 Å². The van der Waals surface area contributed by atoms with Crippen LogP contribution in [0.1, 0.15) is 28.8 Å². The third kappa shape index (κ3) is 3.35. The zero-order chi connectivity index (χ0) is 17.9. The summed E-state index contributed by atoms with van der Waals surface area (Å²) >= 11 is 0. The number of nitrogens with zero attached hydrogens (tertiary/aromatic N) is 7. The molecule has 3 aromatic heterocycles. The lowest BCUT2D eigenvalue weighted by Gasteiger charge is -2.24. The molecule has 0 N–H and O–H groups in total. The molecule has 0 fully saturated rings. The van der Waals surface area contributed by atoms with E-state index in [1.54, 1.807) is 18.7 Å². The van der Waals surface area contributed by atoms with Gasteiger partial charge in [0.15, 0.2) is 0 Å². The summed E-state index contributed by atoms with van der Waals surface area (Å²) < 4.78 is 3.93. The molecule has 8 nitrogen and oxygen atoms in total. The molecule has 1 aliphatic rings. The van der Waals surface area contributed by atoms with Crippen LogP contribution in [0, 0.1) is 5.92 Å². The smallest absolute Gasteiger partial charge is 0.255 e. The Bertz CT molecular complexity index is 869. The SMILES string of the molecule is CCc1ccc(C(=O)N2Cc3nccn3CC(Cn3cncn3)C2)cn1. The maximum absolute atomic E-state index is 13.0. The Morgan fingerprint density at radius 2 is 2.19 bits per heavy atom. The molecular formula is C18H21N7O. The molecule has 134 valence electrons. The molecule has 8 heteroatoms. The van der Waals surface area contributed by atoms with Crippen LogP contribution in [-0.2, 0) is 26.1 Å². The van der Waals surface area contributed by atoms with Crippen molar-refractivity contribution >= 4 is 5.91 Å². The molecule has 0 spiro atoms. The highest BCUT2D eigenvalue weighted by atomic mass is 16.2. The van der Waals surface area contributed by atoms with E-state index in [1.165, 1.54) is 6.33 Å². The molecule has 3 aromatic rings. The Labute approximate surface area is 151 Å². The second-order valence-electron chi connectivity index (χ2n) is 6.56. The van der Waals surface area contributed by atoms with E-state index < -0.39 is 0 Å². The van der Waals surface area contributed by atoms with Gasteiger partial charge in [0, 0.05) is 49.8 Å². The van der Waals surface area contributed by atoms with Gasteiger partial charge in [-0.05, 0) is 18.6 Å². The van der Waals surface area contributed by atoms with E-state index in [1.807, 2.05) is 34.8 Å². The highest BCUT2D eigenvalue weighted by molar-refractivity contribution is 5.93. The predicted octanol–water partition coefficient (Wildman–Crippen LogP) is 1.40. The van der Waals surface area contributed by atoms with Crippen LogP contribution in [0.3, 0.4) is 0 Å². The minimum atomic E-state index is -0.0137. The number of hydrogen-bond donors (Lipinski definition) is 0. The van der Waals surface area contributed by atoms with E-state index in [0.29, 0.717) is 25.2 Å². The maximum atomic E-state index is 13.0. The highest BCUT2D eigenvalue weighted by Crippen LogP contribution is 2.19. The zero-order valence-corrected chi connectivity index (χ0v) is 14.7. The van der Waals surface area contributed by atoms with Crippen LogP contribution in [0.25, 0.3) is 0 Å². The number of carbonyl (C=O) groups is 1. The largest absolute Gasteiger partial charge is 0.333 e. The van der Waals surface area contributed by atoms with Gasteiger partial charge in [0.05, 0.1) is 12.1 Å². The lowest BCUT2D eigenvalue weighted by Crippen LogP contribution is -2.35. The number of aryl methyl sites for hydroxylation is 1. The lowest BCUT2D eigenvalue weighted by atomic mass is 10.1. The number of rotatable bonds is 4.